The van der Waals surface area contributed by atoms with E-state index in [9.17, 15) is 18.0 Å². The van der Waals surface area contributed by atoms with E-state index in [1.165, 1.54) is 29.6 Å². The van der Waals surface area contributed by atoms with Crippen LogP contribution in [0.5, 0.6) is 5.75 Å². The van der Waals surface area contributed by atoms with Gasteiger partial charge in [-0.1, -0.05) is 37.6 Å². The fourth-order valence-corrected chi connectivity index (χ4v) is 4.66. The molecule has 1 N–H and O–H groups in total. The molecule has 0 fully saturated rings. The minimum Gasteiger partial charge on any atom is -0.495 e. The smallest absolute Gasteiger partial charge is 0.306 e. The van der Waals surface area contributed by atoms with E-state index in [1.54, 1.807) is 38.1 Å². The van der Waals surface area contributed by atoms with E-state index in [0.717, 1.165) is 5.56 Å². The largest absolute Gasteiger partial charge is 0.495 e. The summed E-state index contributed by atoms with van der Waals surface area (Å²) >= 11 is 6.01. The molecule has 0 atom stereocenters. The monoisotopic (exact) mass is 482 g/mol. The highest BCUT2D eigenvalue weighted by Crippen LogP contribution is 2.27. The lowest BCUT2D eigenvalue weighted by Crippen LogP contribution is -2.30. The van der Waals surface area contributed by atoms with Crippen LogP contribution in [-0.4, -0.2) is 51.4 Å². The van der Waals surface area contributed by atoms with Gasteiger partial charge >= 0.3 is 5.97 Å². The summed E-state index contributed by atoms with van der Waals surface area (Å²) in [7, 11) is -2.03. The Bertz CT molecular complexity index is 1040. The van der Waals surface area contributed by atoms with Gasteiger partial charge in [0.25, 0.3) is 5.91 Å². The molecule has 0 aliphatic carbocycles. The number of anilines is 1. The predicted molar refractivity (Wildman–Crippen MR) is 122 cm³/mol. The molecule has 8 nitrogen and oxygen atoms in total. The summed E-state index contributed by atoms with van der Waals surface area (Å²) in [6.45, 7) is 3.93. The van der Waals surface area contributed by atoms with Gasteiger partial charge in [0.1, 0.15) is 5.75 Å². The van der Waals surface area contributed by atoms with Crippen LogP contribution in [0, 0.1) is 0 Å². The van der Waals surface area contributed by atoms with E-state index in [2.05, 4.69) is 5.32 Å². The molecule has 0 aliphatic rings. The van der Waals surface area contributed by atoms with Crippen LogP contribution in [-0.2, 0) is 30.8 Å². The molecule has 0 spiro atoms. The zero-order valence-corrected chi connectivity index (χ0v) is 19.8. The highest BCUT2D eigenvalue weighted by atomic mass is 35.5. The van der Waals surface area contributed by atoms with E-state index in [4.69, 9.17) is 21.1 Å². The van der Waals surface area contributed by atoms with Crippen molar-refractivity contribution >= 4 is 39.2 Å². The lowest BCUT2D eigenvalue weighted by molar-refractivity contribution is -0.147. The van der Waals surface area contributed by atoms with Gasteiger partial charge in [-0.25, -0.2) is 8.42 Å². The van der Waals surface area contributed by atoms with Crippen molar-refractivity contribution in [2.24, 2.45) is 0 Å². The second-order valence-corrected chi connectivity index (χ2v) is 9.14. The molecule has 32 heavy (non-hydrogen) atoms. The summed E-state index contributed by atoms with van der Waals surface area (Å²) in [4.78, 5) is 24.1. The van der Waals surface area contributed by atoms with Crippen molar-refractivity contribution in [1.82, 2.24) is 4.31 Å². The van der Waals surface area contributed by atoms with Crippen LogP contribution in [0.25, 0.3) is 0 Å². The number of hydrogen-bond donors (Lipinski definition) is 1. The van der Waals surface area contributed by atoms with Gasteiger partial charge in [-0.3, -0.25) is 9.59 Å². The number of ether oxygens (including phenoxy) is 2. The highest BCUT2D eigenvalue weighted by Gasteiger charge is 2.21. The van der Waals surface area contributed by atoms with Crippen molar-refractivity contribution in [3.8, 4) is 5.75 Å². The third-order valence-corrected chi connectivity index (χ3v) is 7.04. The number of aryl methyl sites for hydroxylation is 1. The van der Waals surface area contributed by atoms with Crippen LogP contribution in [0.2, 0.25) is 5.02 Å². The standard InChI is InChI=1S/C22H27ClN2O6S/c1-4-25(5-2)32(28,29)18-10-6-16(7-11-18)8-13-22(27)31-15-21(26)24-17-9-12-20(30-3)19(23)14-17/h6-7,9-12,14H,4-5,8,13,15H2,1-3H3,(H,24,26). The first-order valence-corrected chi connectivity index (χ1v) is 11.9. The summed E-state index contributed by atoms with van der Waals surface area (Å²) in [5, 5.41) is 2.93. The summed E-state index contributed by atoms with van der Waals surface area (Å²) < 4.78 is 36.4. The molecule has 0 aromatic heterocycles. The number of carbonyl (C=O) groups excluding carboxylic acids is 2. The third-order valence-electron chi connectivity index (χ3n) is 4.68. The van der Waals surface area contributed by atoms with Crippen molar-refractivity contribution in [3.63, 3.8) is 0 Å². The van der Waals surface area contributed by atoms with Gasteiger partial charge in [-0.15, -0.1) is 0 Å². The van der Waals surface area contributed by atoms with Gasteiger partial charge in [-0.2, -0.15) is 4.31 Å². The molecule has 0 unspecified atom stereocenters. The number of rotatable bonds is 11. The van der Waals surface area contributed by atoms with E-state index >= 15 is 0 Å². The fourth-order valence-electron chi connectivity index (χ4n) is 2.95. The van der Waals surface area contributed by atoms with Gasteiger partial charge in [-0.05, 0) is 42.3 Å². The molecule has 0 saturated carbocycles. The average molecular weight is 483 g/mol. The quantitative estimate of drug-likeness (QED) is 0.492. The SMILES string of the molecule is CCN(CC)S(=O)(=O)c1ccc(CCC(=O)OCC(=O)Nc2ccc(OC)c(Cl)c2)cc1. The number of sulfonamides is 1. The second kappa shape index (κ2) is 11.8. The number of carbonyl (C=O) groups is 2. The number of nitrogens with zero attached hydrogens (tertiary/aromatic N) is 1. The second-order valence-electron chi connectivity index (χ2n) is 6.79. The molecule has 0 heterocycles. The van der Waals surface area contributed by atoms with Crippen LogP contribution < -0.4 is 10.1 Å². The van der Waals surface area contributed by atoms with Crippen molar-refractivity contribution in [3.05, 3.63) is 53.1 Å². The Morgan fingerprint density at radius 3 is 2.28 bits per heavy atom. The molecule has 10 heteroatoms. The Morgan fingerprint density at radius 2 is 1.72 bits per heavy atom. The van der Waals surface area contributed by atoms with Gasteiger partial charge in [0, 0.05) is 25.2 Å². The van der Waals surface area contributed by atoms with Gasteiger partial charge in [0.2, 0.25) is 10.0 Å². The normalized spacial score (nSPS) is 11.3. The Hall–Kier alpha value is -2.62. The Kier molecular flexibility index (Phi) is 9.49. The molecule has 1 amide bonds. The predicted octanol–water partition coefficient (Wildman–Crippen LogP) is 3.49. The van der Waals surface area contributed by atoms with Crippen molar-refractivity contribution in [2.45, 2.75) is 31.6 Å². The van der Waals surface area contributed by atoms with Gasteiger partial charge < -0.3 is 14.8 Å². The van der Waals surface area contributed by atoms with Crippen molar-refractivity contribution in [2.75, 3.05) is 32.1 Å². The Labute approximate surface area is 193 Å². The first kappa shape index (κ1) is 25.6. The lowest BCUT2D eigenvalue weighted by atomic mass is 10.1. The third kappa shape index (κ3) is 6.94. The average Bonchev–Trinajstić information content (AvgIpc) is 2.77. The maximum atomic E-state index is 12.5. The number of hydrogen-bond acceptors (Lipinski definition) is 6. The van der Waals surface area contributed by atoms with E-state index in [1.807, 2.05) is 0 Å². The minimum absolute atomic E-state index is 0.0593. The van der Waals surface area contributed by atoms with Gasteiger partial charge in [0.05, 0.1) is 17.0 Å². The number of amides is 1. The molecule has 0 radical (unpaired) electrons. The number of esters is 1. The highest BCUT2D eigenvalue weighted by molar-refractivity contribution is 7.89. The van der Waals surface area contributed by atoms with E-state index < -0.39 is 28.5 Å². The first-order chi connectivity index (χ1) is 15.2. The summed E-state index contributed by atoms with van der Waals surface area (Å²) in [5.74, 6) is -0.548. The molecule has 174 valence electrons. The Morgan fingerprint density at radius 1 is 1.06 bits per heavy atom. The van der Waals surface area contributed by atoms with Crippen LogP contribution in [0.4, 0.5) is 5.69 Å². The fraction of sp³-hybridized carbons (Fsp3) is 0.364. The lowest BCUT2D eigenvalue weighted by Gasteiger charge is -2.18. The molecular formula is C22H27ClN2O6S. The molecule has 2 aromatic rings. The number of methoxy groups -OCH3 is 1. The number of halogens is 1. The summed E-state index contributed by atoms with van der Waals surface area (Å²) in [6, 6.07) is 11.2. The minimum atomic E-state index is -3.52. The molecule has 2 rings (SSSR count). The van der Waals surface area contributed by atoms with Gasteiger partial charge in [0.15, 0.2) is 6.61 Å². The van der Waals surface area contributed by atoms with E-state index in [-0.39, 0.29) is 11.3 Å². The topological polar surface area (TPSA) is 102 Å². The zero-order valence-electron chi connectivity index (χ0n) is 18.3. The van der Waals surface area contributed by atoms with Crippen LogP contribution in [0.15, 0.2) is 47.4 Å². The maximum absolute atomic E-state index is 12.5. The van der Waals surface area contributed by atoms with Crippen molar-refractivity contribution in [1.29, 1.82) is 0 Å². The van der Waals surface area contributed by atoms with Crippen LogP contribution >= 0.6 is 11.6 Å². The number of nitrogens with one attached hydrogen (secondary N) is 1. The van der Waals surface area contributed by atoms with Crippen LogP contribution in [0.1, 0.15) is 25.8 Å². The molecule has 0 aliphatic heterocycles. The van der Waals surface area contributed by atoms with Crippen molar-refractivity contribution < 1.29 is 27.5 Å². The molecule has 2 aromatic carbocycles. The first-order valence-electron chi connectivity index (χ1n) is 10.1. The molecule has 0 bridgehead atoms. The summed E-state index contributed by atoms with van der Waals surface area (Å²) in [5.41, 5.74) is 1.24. The maximum Gasteiger partial charge on any atom is 0.306 e. The molecular weight excluding hydrogens is 456 g/mol. The Balaban J connectivity index is 1.81. The van der Waals surface area contributed by atoms with E-state index in [0.29, 0.717) is 36.0 Å². The van der Waals surface area contributed by atoms with Crippen LogP contribution in [0.3, 0.4) is 0 Å². The molecule has 0 saturated heterocycles. The number of benzene rings is 2. The summed E-state index contributed by atoms with van der Waals surface area (Å²) in [6.07, 6.45) is 0.421. The zero-order chi connectivity index (χ0) is 23.7.